The van der Waals surface area contributed by atoms with Crippen LogP contribution in [0.4, 0.5) is 5.69 Å². The highest BCUT2D eigenvalue weighted by Gasteiger charge is 2.19. The molecule has 0 saturated carbocycles. The molecule has 0 N–H and O–H groups in total. The van der Waals surface area contributed by atoms with Crippen molar-refractivity contribution in [3.8, 4) is 0 Å². The Labute approximate surface area is 114 Å². The van der Waals surface area contributed by atoms with Crippen molar-refractivity contribution >= 4 is 22.7 Å². The van der Waals surface area contributed by atoms with Crippen LogP contribution in [0.5, 0.6) is 0 Å². The molecule has 1 aliphatic rings. The Balaban J connectivity index is 2.00. The highest BCUT2D eigenvalue weighted by Crippen LogP contribution is 2.27. The first kappa shape index (κ1) is 10.7. The number of aliphatic imine (C=N–C) groups is 1. The summed E-state index contributed by atoms with van der Waals surface area (Å²) >= 11 is 1.70. The molecule has 1 aliphatic heterocycles. The number of hydrogen-bond donors (Lipinski definition) is 0. The Bertz CT molecular complexity index is 753. The summed E-state index contributed by atoms with van der Waals surface area (Å²) in [5.74, 6) is 0.943. The molecule has 92 valence electrons. The zero-order chi connectivity index (χ0) is 12.7. The minimum Gasteiger partial charge on any atom is -0.325 e. The molecule has 4 rings (SSSR count). The molecule has 3 aromatic rings. The van der Waals surface area contributed by atoms with Gasteiger partial charge < -0.3 is 4.57 Å². The zero-order valence-electron chi connectivity index (χ0n) is 10.2. The van der Waals surface area contributed by atoms with Gasteiger partial charge in [-0.15, -0.1) is 11.3 Å². The van der Waals surface area contributed by atoms with Gasteiger partial charge in [0.2, 0.25) is 0 Å². The Morgan fingerprint density at radius 3 is 2.95 bits per heavy atom. The summed E-state index contributed by atoms with van der Waals surface area (Å²) in [6, 6.07) is 12.4. The third-order valence-corrected chi connectivity index (χ3v) is 4.12. The van der Waals surface area contributed by atoms with E-state index in [1.54, 1.807) is 11.3 Å². The van der Waals surface area contributed by atoms with Gasteiger partial charge in [0.25, 0.3) is 0 Å². The maximum atomic E-state index is 4.84. The van der Waals surface area contributed by atoms with Crippen LogP contribution < -0.4 is 0 Å². The summed E-state index contributed by atoms with van der Waals surface area (Å²) in [7, 11) is 0. The number of aromatic nitrogens is 2. The SMILES string of the molecule is c1csc(C2=Nc3ccccc3Cn3ccnc32)c1. The quantitative estimate of drug-likeness (QED) is 0.518. The second-order valence-electron chi connectivity index (χ2n) is 4.45. The normalized spacial score (nSPS) is 13.4. The van der Waals surface area contributed by atoms with Gasteiger partial charge in [-0.2, -0.15) is 0 Å². The highest BCUT2D eigenvalue weighted by atomic mass is 32.1. The topological polar surface area (TPSA) is 30.2 Å². The average Bonchev–Trinajstić information content (AvgIpc) is 3.08. The molecule has 1 aromatic carbocycles. The van der Waals surface area contributed by atoms with E-state index in [4.69, 9.17) is 4.99 Å². The van der Waals surface area contributed by atoms with Gasteiger partial charge >= 0.3 is 0 Å². The van der Waals surface area contributed by atoms with Gasteiger partial charge in [0.1, 0.15) is 5.71 Å². The number of imidazole rings is 1. The molecule has 0 aliphatic carbocycles. The maximum Gasteiger partial charge on any atom is 0.160 e. The molecule has 2 aromatic heterocycles. The fourth-order valence-corrected chi connectivity index (χ4v) is 3.05. The van der Waals surface area contributed by atoms with Crippen molar-refractivity contribution in [2.45, 2.75) is 6.54 Å². The summed E-state index contributed by atoms with van der Waals surface area (Å²) in [6.45, 7) is 0.823. The van der Waals surface area contributed by atoms with Crippen molar-refractivity contribution in [3.05, 3.63) is 70.4 Å². The maximum absolute atomic E-state index is 4.84. The first-order valence-electron chi connectivity index (χ1n) is 6.14. The lowest BCUT2D eigenvalue weighted by Gasteiger charge is -2.04. The fourth-order valence-electron chi connectivity index (χ4n) is 2.34. The van der Waals surface area contributed by atoms with Crippen LogP contribution in [0.1, 0.15) is 16.3 Å². The van der Waals surface area contributed by atoms with Gasteiger partial charge in [-0.05, 0) is 23.1 Å². The van der Waals surface area contributed by atoms with Crippen molar-refractivity contribution in [1.29, 1.82) is 0 Å². The molecule has 0 spiro atoms. The zero-order valence-corrected chi connectivity index (χ0v) is 11.0. The molecule has 0 radical (unpaired) electrons. The van der Waals surface area contributed by atoms with E-state index in [9.17, 15) is 0 Å². The van der Waals surface area contributed by atoms with Gasteiger partial charge in [0, 0.05) is 12.4 Å². The Morgan fingerprint density at radius 1 is 1.11 bits per heavy atom. The lowest BCUT2D eigenvalue weighted by atomic mass is 10.2. The Morgan fingerprint density at radius 2 is 2.05 bits per heavy atom. The lowest BCUT2D eigenvalue weighted by molar-refractivity contribution is 0.794. The van der Waals surface area contributed by atoms with Crippen LogP contribution in [-0.2, 0) is 6.54 Å². The van der Waals surface area contributed by atoms with Crippen molar-refractivity contribution in [2.75, 3.05) is 0 Å². The van der Waals surface area contributed by atoms with Gasteiger partial charge in [-0.25, -0.2) is 9.98 Å². The number of thiophene rings is 1. The van der Waals surface area contributed by atoms with Crippen LogP contribution in [0.2, 0.25) is 0 Å². The highest BCUT2D eigenvalue weighted by molar-refractivity contribution is 7.12. The molecule has 0 atom stereocenters. The predicted molar refractivity (Wildman–Crippen MR) is 77.4 cm³/mol. The van der Waals surface area contributed by atoms with Crippen LogP contribution in [0.25, 0.3) is 0 Å². The summed E-state index contributed by atoms with van der Waals surface area (Å²) < 4.78 is 2.16. The Kier molecular flexibility index (Phi) is 2.35. The van der Waals surface area contributed by atoms with Gasteiger partial charge in [0.05, 0.1) is 17.1 Å². The molecular weight excluding hydrogens is 254 g/mol. The molecule has 4 heteroatoms. The van der Waals surface area contributed by atoms with Gasteiger partial charge in [0.15, 0.2) is 5.82 Å². The predicted octanol–water partition coefficient (Wildman–Crippen LogP) is 3.48. The van der Waals surface area contributed by atoms with E-state index in [-0.39, 0.29) is 0 Å². The first-order valence-corrected chi connectivity index (χ1v) is 7.02. The van der Waals surface area contributed by atoms with Crippen molar-refractivity contribution in [1.82, 2.24) is 9.55 Å². The van der Waals surface area contributed by atoms with Crippen molar-refractivity contribution in [3.63, 3.8) is 0 Å². The smallest absolute Gasteiger partial charge is 0.160 e. The summed E-state index contributed by atoms with van der Waals surface area (Å²) in [4.78, 5) is 10.5. The number of para-hydroxylation sites is 1. The van der Waals surface area contributed by atoms with E-state index in [1.165, 1.54) is 5.56 Å². The Hall–Kier alpha value is -2.20. The fraction of sp³-hybridized carbons (Fsp3) is 0.0667. The minimum absolute atomic E-state index is 0.823. The summed E-state index contributed by atoms with van der Waals surface area (Å²) in [5.41, 5.74) is 3.23. The molecule has 0 unspecified atom stereocenters. The molecular formula is C15H11N3S. The van der Waals surface area contributed by atoms with Crippen LogP contribution >= 0.6 is 11.3 Å². The molecule has 0 fully saturated rings. The van der Waals surface area contributed by atoms with Crippen molar-refractivity contribution in [2.24, 2.45) is 4.99 Å². The summed E-state index contributed by atoms with van der Waals surface area (Å²) in [6.07, 6.45) is 3.85. The van der Waals surface area contributed by atoms with E-state index in [2.05, 4.69) is 39.2 Å². The van der Waals surface area contributed by atoms with Crippen LogP contribution in [0.3, 0.4) is 0 Å². The number of benzene rings is 1. The second-order valence-corrected chi connectivity index (χ2v) is 5.39. The third kappa shape index (κ3) is 1.72. The molecule has 3 nitrogen and oxygen atoms in total. The minimum atomic E-state index is 0.823. The van der Waals surface area contributed by atoms with Gasteiger partial charge in [-0.1, -0.05) is 24.3 Å². The van der Waals surface area contributed by atoms with Gasteiger partial charge in [-0.3, -0.25) is 0 Å². The van der Waals surface area contributed by atoms with E-state index >= 15 is 0 Å². The second kappa shape index (κ2) is 4.17. The van der Waals surface area contributed by atoms with Crippen LogP contribution in [-0.4, -0.2) is 15.3 Å². The number of fused-ring (bicyclic) bond motifs is 2. The van der Waals surface area contributed by atoms with E-state index in [1.807, 2.05) is 24.5 Å². The molecule has 3 heterocycles. The first-order chi connectivity index (χ1) is 9.42. The molecule has 19 heavy (non-hydrogen) atoms. The summed E-state index contributed by atoms with van der Waals surface area (Å²) in [5, 5.41) is 2.07. The van der Waals surface area contributed by atoms with Crippen molar-refractivity contribution < 1.29 is 0 Å². The molecule has 0 amide bonds. The largest absolute Gasteiger partial charge is 0.325 e. The molecule has 0 bridgehead atoms. The lowest BCUT2D eigenvalue weighted by Crippen LogP contribution is -2.09. The van der Waals surface area contributed by atoms with Crippen LogP contribution in [0, 0.1) is 0 Å². The van der Waals surface area contributed by atoms with E-state index in [0.29, 0.717) is 0 Å². The van der Waals surface area contributed by atoms with E-state index in [0.717, 1.165) is 28.6 Å². The van der Waals surface area contributed by atoms with E-state index < -0.39 is 0 Å². The monoisotopic (exact) mass is 265 g/mol. The molecule has 0 saturated heterocycles. The average molecular weight is 265 g/mol. The number of rotatable bonds is 1. The van der Waals surface area contributed by atoms with Crippen LogP contribution in [0.15, 0.2) is 59.2 Å². The standard InChI is InChI=1S/C15H11N3S/c1-2-5-12-11(4-1)10-18-8-7-16-15(18)14(17-12)13-6-3-9-19-13/h1-9H,10H2. The number of hydrogen-bond acceptors (Lipinski definition) is 3. The third-order valence-electron chi connectivity index (χ3n) is 3.25. The number of nitrogens with zero attached hydrogens (tertiary/aromatic N) is 3.